The molecule has 3 N–H and O–H groups in total. The molecule has 88 valence electrons. The number of amides is 1. The second-order valence-corrected chi connectivity index (χ2v) is 4.60. The summed E-state index contributed by atoms with van der Waals surface area (Å²) >= 11 is 0. The van der Waals surface area contributed by atoms with E-state index in [9.17, 15) is 4.79 Å². The Kier molecular flexibility index (Phi) is 4.54. The molecule has 0 saturated carbocycles. The quantitative estimate of drug-likeness (QED) is 0.668. The van der Waals surface area contributed by atoms with Crippen LogP contribution < -0.4 is 11.1 Å². The fraction of sp³-hybridized carbons (Fsp3) is 0.909. The van der Waals surface area contributed by atoms with Gasteiger partial charge in [-0.15, -0.1) is 0 Å². The zero-order valence-electron chi connectivity index (χ0n) is 9.88. The molecule has 4 heteroatoms. The van der Waals surface area contributed by atoms with E-state index in [1.54, 1.807) is 7.05 Å². The molecular formula is C11H23N3O. The maximum Gasteiger partial charge on any atom is 0.219 e. The van der Waals surface area contributed by atoms with Crippen LogP contribution in [0.3, 0.4) is 0 Å². The predicted molar refractivity (Wildman–Crippen MR) is 61.6 cm³/mol. The normalized spacial score (nSPS) is 19.7. The van der Waals surface area contributed by atoms with Crippen molar-refractivity contribution in [3.63, 3.8) is 0 Å². The molecule has 15 heavy (non-hydrogen) atoms. The van der Waals surface area contributed by atoms with Crippen molar-refractivity contribution < 1.29 is 4.79 Å². The Morgan fingerprint density at radius 1 is 1.53 bits per heavy atom. The van der Waals surface area contributed by atoms with Gasteiger partial charge in [0.2, 0.25) is 5.91 Å². The maximum absolute atomic E-state index is 11.0. The van der Waals surface area contributed by atoms with Gasteiger partial charge in [-0.2, -0.15) is 0 Å². The van der Waals surface area contributed by atoms with Crippen molar-refractivity contribution in [1.29, 1.82) is 0 Å². The second kappa shape index (κ2) is 5.47. The van der Waals surface area contributed by atoms with Crippen LogP contribution in [0.4, 0.5) is 0 Å². The van der Waals surface area contributed by atoms with Crippen LogP contribution in [0.1, 0.15) is 32.6 Å². The molecule has 0 aromatic rings. The number of nitrogens with two attached hydrogens (primary N) is 1. The van der Waals surface area contributed by atoms with E-state index in [0.29, 0.717) is 6.42 Å². The Morgan fingerprint density at radius 3 is 2.73 bits per heavy atom. The minimum atomic E-state index is 0.0573. The molecule has 1 rings (SSSR count). The van der Waals surface area contributed by atoms with Gasteiger partial charge in [0.25, 0.3) is 0 Å². The lowest BCUT2D eigenvalue weighted by atomic mass is 9.86. The van der Waals surface area contributed by atoms with Crippen LogP contribution in [-0.4, -0.2) is 43.0 Å². The molecule has 1 aliphatic rings. The summed E-state index contributed by atoms with van der Waals surface area (Å²) in [5, 5.41) is 2.63. The van der Waals surface area contributed by atoms with Gasteiger partial charge in [0.05, 0.1) is 0 Å². The van der Waals surface area contributed by atoms with Crippen molar-refractivity contribution in [3.05, 3.63) is 0 Å². The molecule has 0 spiro atoms. The minimum absolute atomic E-state index is 0.0573. The van der Waals surface area contributed by atoms with Crippen molar-refractivity contribution in [3.8, 4) is 0 Å². The largest absolute Gasteiger partial charge is 0.359 e. The van der Waals surface area contributed by atoms with Gasteiger partial charge in [0, 0.05) is 32.1 Å². The Bertz CT molecular complexity index is 212. The summed E-state index contributed by atoms with van der Waals surface area (Å²) in [4.78, 5) is 13.3. The Hall–Kier alpha value is -0.610. The van der Waals surface area contributed by atoms with Crippen LogP contribution >= 0.6 is 0 Å². The molecular weight excluding hydrogens is 190 g/mol. The summed E-state index contributed by atoms with van der Waals surface area (Å²) in [5.74, 6) is 0.128. The van der Waals surface area contributed by atoms with E-state index in [1.165, 1.54) is 0 Å². The Morgan fingerprint density at radius 2 is 2.20 bits per heavy atom. The van der Waals surface area contributed by atoms with E-state index in [4.69, 9.17) is 5.73 Å². The zero-order valence-corrected chi connectivity index (χ0v) is 9.88. The molecule has 1 heterocycles. The highest BCUT2D eigenvalue weighted by molar-refractivity contribution is 5.75. The highest BCUT2D eigenvalue weighted by Crippen LogP contribution is 2.23. The number of likely N-dealkylation sites (tertiary alicyclic amines) is 1. The number of rotatable bonds is 6. The summed E-state index contributed by atoms with van der Waals surface area (Å²) in [5.41, 5.74) is 6.20. The average Bonchev–Trinajstić information content (AvgIpc) is 2.15. The van der Waals surface area contributed by atoms with Gasteiger partial charge in [-0.05, 0) is 19.4 Å². The third-order valence-corrected chi connectivity index (χ3v) is 2.98. The molecule has 1 fully saturated rings. The number of nitrogens with zero attached hydrogens (tertiary/aromatic N) is 1. The first-order valence-electron chi connectivity index (χ1n) is 5.81. The van der Waals surface area contributed by atoms with Crippen LogP contribution in [-0.2, 0) is 4.79 Å². The van der Waals surface area contributed by atoms with Crippen LogP contribution in [0.2, 0.25) is 0 Å². The number of hydrogen-bond donors (Lipinski definition) is 2. The molecule has 0 bridgehead atoms. The van der Waals surface area contributed by atoms with Crippen LogP contribution in [0.5, 0.6) is 0 Å². The topological polar surface area (TPSA) is 58.4 Å². The third-order valence-electron chi connectivity index (χ3n) is 2.98. The van der Waals surface area contributed by atoms with Gasteiger partial charge < -0.3 is 11.1 Å². The van der Waals surface area contributed by atoms with Gasteiger partial charge in [0.1, 0.15) is 0 Å². The first kappa shape index (κ1) is 12.5. The van der Waals surface area contributed by atoms with Crippen molar-refractivity contribution >= 4 is 5.91 Å². The van der Waals surface area contributed by atoms with Gasteiger partial charge in [-0.3, -0.25) is 9.69 Å². The van der Waals surface area contributed by atoms with Gasteiger partial charge in [-0.1, -0.05) is 13.3 Å². The highest BCUT2D eigenvalue weighted by Gasteiger charge is 2.37. The van der Waals surface area contributed by atoms with Crippen molar-refractivity contribution in [1.82, 2.24) is 10.2 Å². The first-order valence-corrected chi connectivity index (χ1v) is 5.81. The van der Waals surface area contributed by atoms with E-state index in [-0.39, 0.29) is 11.4 Å². The van der Waals surface area contributed by atoms with Gasteiger partial charge in [0.15, 0.2) is 0 Å². The highest BCUT2D eigenvalue weighted by atomic mass is 16.1. The van der Waals surface area contributed by atoms with Crippen molar-refractivity contribution in [2.24, 2.45) is 5.73 Å². The van der Waals surface area contributed by atoms with E-state index in [2.05, 4.69) is 17.1 Å². The summed E-state index contributed by atoms with van der Waals surface area (Å²) in [6.45, 7) is 5.15. The molecule has 0 aliphatic carbocycles. The SMILES string of the molecule is CCCC1(N)CN(CCCC(=O)NC)C1. The Labute approximate surface area is 92.2 Å². The molecule has 1 amide bonds. The smallest absolute Gasteiger partial charge is 0.219 e. The lowest BCUT2D eigenvalue weighted by Crippen LogP contribution is -2.67. The first-order chi connectivity index (χ1) is 7.09. The van der Waals surface area contributed by atoms with Crippen molar-refractivity contribution in [2.75, 3.05) is 26.7 Å². The number of carbonyl (C=O) groups excluding carboxylic acids is 1. The zero-order chi connectivity index (χ0) is 11.3. The molecule has 0 aromatic heterocycles. The summed E-state index contributed by atoms with van der Waals surface area (Å²) in [7, 11) is 1.68. The molecule has 4 nitrogen and oxygen atoms in total. The molecule has 0 aromatic carbocycles. The molecule has 0 atom stereocenters. The summed E-state index contributed by atoms with van der Waals surface area (Å²) in [6, 6.07) is 0. The lowest BCUT2D eigenvalue weighted by Gasteiger charge is -2.48. The fourth-order valence-corrected chi connectivity index (χ4v) is 2.25. The van der Waals surface area contributed by atoms with Crippen LogP contribution in [0.15, 0.2) is 0 Å². The predicted octanol–water partition coefficient (Wildman–Crippen LogP) is 0.326. The van der Waals surface area contributed by atoms with Gasteiger partial charge in [-0.25, -0.2) is 0 Å². The molecule has 1 aliphatic heterocycles. The minimum Gasteiger partial charge on any atom is -0.359 e. The molecule has 0 unspecified atom stereocenters. The van der Waals surface area contributed by atoms with Crippen molar-refractivity contribution in [2.45, 2.75) is 38.1 Å². The fourth-order valence-electron chi connectivity index (χ4n) is 2.25. The van der Waals surface area contributed by atoms with E-state index in [0.717, 1.165) is 38.9 Å². The summed E-state index contributed by atoms with van der Waals surface area (Å²) < 4.78 is 0. The van der Waals surface area contributed by atoms with Crippen LogP contribution in [0.25, 0.3) is 0 Å². The van der Waals surface area contributed by atoms with Crippen LogP contribution in [0, 0.1) is 0 Å². The van der Waals surface area contributed by atoms with E-state index < -0.39 is 0 Å². The van der Waals surface area contributed by atoms with E-state index >= 15 is 0 Å². The molecule has 1 saturated heterocycles. The Balaban J connectivity index is 2.05. The average molecular weight is 213 g/mol. The molecule has 0 radical (unpaired) electrons. The standard InChI is InChI=1S/C11H23N3O/c1-3-6-11(12)8-14(9-11)7-4-5-10(15)13-2/h3-9,12H2,1-2H3,(H,13,15). The maximum atomic E-state index is 11.0. The van der Waals surface area contributed by atoms with E-state index in [1.807, 2.05) is 0 Å². The monoisotopic (exact) mass is 213 g/mol. The number of hydrogen-bond acceptors (Lipinski definition) is 3. The second-order valence-electron chi connectivity index (χ2n) is 4.60. The lowest BCUT2D eigenvalue weighted by molar-refractivity contribution is -0.120. The number of carbonyl (C=O) groups is 1. The summed E-state index contributed by atoms with van der Waals surface area (Å²) in [6.07, 6.45) is 3.82. The van der Waals surface area contributed by atoms with Gasteiger partial charge >= 0.3 is 0 Å². The third kappa shape index (κ3) is 3.80. The number of nitrogens with one attached hydrogen (secondary N) is 1.